The average Bonchev–Trinajstić information content (AvgIpc) is 3.94. The van der Waals surface area contributed by atoms with Crippen LogP contribution >= 0.6 is 22.9 Å². The Bertz CT molecular complexity index is 3040. The van der Waals surface area contributed by atoms with Crippen LogP contribution in [0.1, 0.15) is 52.7 Å². The zero-order valence-corrected chi connectivity index (χ0v) is 35.8. The quantitative estimate of drug-likeness (QED) is 0.0950. The Morgan fingerprint density at radius 3 is 2.33 bits per heavy atom. The highest BCUT2D eigenvalue weighted by atomic mass is 35.5. The third-order valence-corrected chi connectivity index (χ3v) is 15.0. The molecule has 0 bridgehead atoms. The molecule has 0 spiro atoms. The van der Waals surface area contributed by atoms with E-state index in [4.69, 9.17) is 16.7 Å². The number of hydrogen-bond acceptors (Lipinski definition) is 9. The van der Waals surface area contributed by atoms with E-state index in [2.05, 4.69) is 4.74 Å². The van der Waals surface area contributed by atoms with Gasteiger partial charge in [0.1, 0.15) is 23.0 Å². The molecule has 6 atom stereocenters. The normalized spacial score (nSPS) is 24.2. The van der Waals surface area contributed by atoms with Gasteiger partial charge in [-0.3, -0.25) is 33.6 Å². The van der Waals surface area contributed by atoms with Crippen LogP contribution in [-0.2, 0) is 26.2 Å². The standard InChI is InChI=1S/C48H36ClF3N4O7S/c1-23-31-19-26(49)11-18-37(31)64-42(23)35-22-38(54(3)53-35)56-44(60)34-21-32-29(40(47(34,2)46(56)62)33-20-28(14-17-36(33)57)63-48(50,51)52)15-16-30-39(32)45(61)55(43(30)59)27-12-9-25(10-13-27)41(58)24-7-5-4-6-8-24/h4-15,17-20,22,30,32,34,39-40,57H,16,21H2,1-3H3. The summed E-state index contributed by atoms with van der Waals surface area (Å²) in [6.07, 6.45) is -3.38. The maximum atomic E-state index is 15.2. The Morgan fingerprint density at radius 2 is 1.61 bits per heavy atom. The lowest BCUT2D eigenvalue weighted by atomic mass is 9.51. The van der Waals surface area contributed by atoms with Crippen LogP contribution in [0.5, 0.6) is 11.5 Å². The van der Waals surface area contributed by atoms with Crippen LogP contribution in [0.3, 0.4) is 0 Å². The van der Waals surface area contributed by atoms with Gasteiger partial charge in [-0.15, -0.1) is 24.5 Å². The van der Waals surface area contributed by atoms with E-state index in [-0.39, 0.29) is 35.7 Å². The number of imide groups is 2. The van der Waals surface area contributed by atoms with E-state index in [1.54, 1.807) is 62.5 Å². The van der Waals surface area contributed by atoms with E-state index < -0.39 is 76.5 Å². The summed E-state index contributed by atoms with van der Waals surface area (Å²) in [5, 5.41) is 17.7. The minimum Gasteiger partial charge on any atom is -0.508 e. The van der Waals surface area contributed by atoms with Gasteiger partial charge in [0, 0.05) is 45.4 Å². The number of phenolic OH excluding ortho intramolecular Hbond substituents is 1. The lowest BCUT2D eigenvalue weighted by molar-refractivity contribution is -0.274. The molecule has 4 aromatic carbocycles. The fourth-order valence-electron chi connectivity index (χ4n) is 10.5. The number of carbonyl (C=O) groups is 5. The number of phenols is 1. The van der Waals surface area contributed by atoms with Crippen LogP contribution in [0.25, 0.3) is 20.7 Å². The number of thiophene rings is 1. The number of aromatic hydroxyl groups is 1. The first kappa shape index (κ1) is 41.4. The maximum Gasteiger partial charge on any atom is 0.573 e. The topological polar surface area (TPSA) is 139 Å². The summed E-state index contributed by atoms with van der Waals surface area (Å²) in [5.74, 6) is -8.69. The predicted molar refractivity (Wildman–Crippen MR) is 232 cm³/mol. The van der Waals surface area contributed by atoms with Crippen molar-refractivity contribution in [2.24, 2.45) is 36.1 Å². The Labute approximate surface area is 372 Å². The highest BCUT2D eigenvalue weighted by Crippen LogP contribution is 2.65. The van der Waals surface area contributed by atoms with Crippen LogP contribution in [0.15, 0.2) is 109 Å². The Kier molecular flexibility index (Phi) is 9.54. The van der Waals surface area contributed by atoms with Gasteiger partial charge in [-0.05, 0) is 104 Å². The molecule has 4 amide bonds. The number of aryl methyl sites for hydroxylation is 2. The highest BCUT2D eigenvalue weighted by molar-refractivity contribution is 7.22. The molecule has 64 heavy (non-hydrogen) atoms. The summed E-state index contributed by atoms with van der Waals surface area (Å²) >= 11 is 7.77. The number of allylic oxidation sites excluding steroid dienone is 2. The number of anilines is 2. The minimum atomic E-state index is -5.09. The van der Waals surface area contributed by atoms with Crippen molar-refractivity contribution in [2.45, 2.75) is 39.0 Å². The molecule has 4 aliphatic rings. The molecule has 2 aliphatic heterocycles. The number of carbonyl (C=O) groups excluding carboxylic acids is 5. The van der Waals surface area contributed by atoms with Crippen LogP contribution in [-0.4, -0.2) is 50.7 Å². The van der Waals surface area contributed by atoms with Crippen molar-refractivity contribution in [1.82, 2.24) is 9.78 Å². The monoisotopic (exact) mass is 904 g/mol. The molecule has 2 aliphatic carbocycles. The van der Waals surface area contributed by atoms with Crippen molar-refractivity contribution in [3.8, 4) is 22.1 Å². The number of halogens is 4. The predicted octanol–water partition coefficient (Wildman–Crippen LogP) is 9.53. The number of hydrogen-bond donors (Lipinski definition) is 1. The summed E-state index contributed by atoms with van der Waals surface area (Å²) < 4.78 is 47.5. The first-order valence-corrected chi connectivity index (χ1v) is 21.6. The van der Waals surface area contributed by atoms with Crippen LogP contribution in [0.4, 0.5) is 24.7 Å². The molecule has 1 saturated carbocycles. The molecule has 324 valence electrons. The van der Waals surface area contributed by atoms with E-state index >= 15 is 9.59 Å². The largest absolute Gasteiger partial charge is 0.573 e. The molecular formula is C48H36ClF3N4O7S. The van der Waals surface area contributed by atoms with Gasteiger partial charge in [-0.25, -0.2) is 4.90 Å². The second kappa shape index (κ2) is 14.7. The molecular weight excluding hydrogens is 869 g/mol. The van der Waals surface area contributed by atoms with E-state index in [1.807, 2.05) is 19.1 Å². The van der Waals surface area contributed by atoms with Gasteiger partial charge in [0.25, 0.3) is 0 Å². The lowest BCUT2D eigenvalue weighted by Crippen LogP contribution is -2.49. The Hall–Kier alpha value is -6.58. The average molecular weight is 905 g/mol. The zero-order chi connectivity index (χ0) is 45.1. The Morgan fingerprint density at radius 1 is 0.891 bits per heavy atom. The van der Waals surface area contributed by atoms with Gasteiger partial charge >= 0.3 is 6.36 Å². The summed E-state index contributed by atoms with van der Waals surface area (Å²) in [5.41, 5.74) is 1.07. The van der Waals surface area contributed by atoms with Gasteiger partial charge in [-0.1, -0.05) is 53.6 Å². The molecule has 10 rings (SSSR count). The second-order valence-corrected chi connectivity index (χ2v) is 18.4. The second-order valence-electron chi connectivity index (χ2n) is 16.9. The molecule has 11 nitrogen and oxygen atoms in total. The lowest BCUT2D eigenvalue weighted by Gasteiger charge is -2.49. The molecule has 6 aromatic rings. The third kappa shape index (κ3) is 6.30. The molecule has 4 heterocycles. The fraction of sp³-hybridized carbons (Fsp3) is 0.250. The SMILES string of the molecule is Cc1c(-c2cc(N3C(=O)C4CC5C(=CCC6C(=O)N(c7ccc(C(=O)c8ccccc8)cc7)C(=O)C65)C(c5cc(OC(F)(F)F)ccc5O)C4(C)C3=O)n(C)n2)sc2ccc(Cl)cc12. The molecule has 1 N–H and O–H groups in total. The first-order valence-electron chi connectivity index (χ1n) is 20.4. The summed E-state index contributed by atoms with van der Waals surface area (Å²) in [6.45, 7) is 3.49. The van der Waals surface area contributed by atoms with Crippen molar-refractivity contribution < 1.29 is 47.0 Å². The van der Waals surface area contributed by atoms with Crippen molar-refractivity contribution in [2.75, 3.05) is 9.80 Å². The van der Waals surface area contributed by atoms with Gasteiger partial charge in [0.05, 0.1) is 33.7 Å². The van der Waals surface area contributed by atoms with Gasteiger partial charge in [-0.2, -0.15) is 5.10 Å². The first-order chi connectivity index (χ1) is 30.5. The number of rotatable bonds is 7. The zero-order valence-electron chi connectivity index (χ0n) is 34.2. The van der Waals surface area contributed by atoms with Crippen molar-refractivity contribution in [1.29, 1.82) is 0 Å². The van der Waals surface area contributed by atoms with Crippen LogP contribution < -0.4 is 14.5 Å². The maximum absolute atomic E-state index is 15.2. The van der Waals surface area contributed by atoms with Crippen molar-refractivity contribution in [3.05, 3.63) is 136 Å². The van der Waals surface area contributed by atoms with Crippen molar-refractivity contribution in [3.63, 3.8) is 0 Å². The summed E-state index contributed by atoms with van der Waals surface area (Å²) in [7, 11) is 1.60. The van der Waals surface area contributed by atoms with E-state index in [9.17, 15) is 32.7 Å². The number of alkyl halides is 3. The van der Waals surface area contributed by atoms with E-state index in [0.29, 0.717) is 27.4 Å². The highest BCUT2D eigenvalue weighted by Gasteiger charge is 2.68. The van der Waals surface area contributed by atoms with Gasteiger partial charge < -0.3 is 9.84 Å². The number of nitrogens with zero attached hydrogens (tertiary/aromatic N) is 4. The van der Waals surface area contributed by atoms with E-state index in [1.165, 1.54) is 40.3 Å². The number of aromatic nitrogens is 2. The molecule has 2 aromatic heterocycles. The molecule has 3 fully saturated rings. The van der Waals surface area contributed by atoms with Crippen LogP contribution in [0, 0.1) is 36.0 Å². The Balaban J connectivity index is 1.05. The smallest absolute Gasteiger partial charge is 0.508 e. The molecule has 0 radical (unpaired) electrons. The molecule has 16 heteroatoms. The van der Waals surface area contributed by atoms with E-state index in [0.717, 1.165) is 48.5 Å². The number of amides is 4. The van der Waals surface area contributed by atoms with Gasteiger partial charge in [0.15, 0.2) is 5.78 Å². The summed E-state index contributed by atoms with van der Waals surface area (Å²) in [4.78, 5) is 75.3. The number of ether oxygens (including phenoxy) is 1. The number of ketones is 1. The van der Waals surface area contributed by atoms with Crippen molar-refractivity contribution >= 4 is 73.9 Å². The molecule has 6 unspecified atom stereocenters. The number of fused-ring (bicyclic) bond motifs is 5. The summed E-state index contributed by atoms with van der Waals surface area (Å²) in [6, 6.07) is 24.9. The molecule has 2 saturated heterocycles. The third-order valence-electron chi connectivity index (χ3n) is 13.5. The van der Waals surface area contributed by atoms with Gasteiger partial charge in [0.2, 0.25) is 23.6 Å². The van der Waals surface area contributed by atoms with Crippen LogP contribution in [0.2, 0.25) is 5.02 Å². The number of benzene rings is 4. The fourth-order valence-corrected chi connectivity index (χ4v) is 11.8. The minimum absolute atomic E-state index is 0.0373.